The quantitative estimate of drug-likeness (QED) is 0.466. The Hall–Kier alpha value is -2.64. The number of para-hydroxylation sites is 2. The highest BCUT2D eigenvalue weighted by molar-refractivity contribution is 5.81. The Morgan fingerprint density at radius 1 is 1.15 bits per heavy atom. The predicted octanol–water partition coefficient (Wildman–Crippen LogP) is 2.19. The molecule has 1 saturated heterocycles. The van der Waals surface area contributed by atoms with Gasteiger partial charge in [0.1, 0.15) is 5.69 Å². The second kappa shape index (κ2) is 8.83. The van der Waals surface area contributed by atoms with Crippen LogP contribution >= 0.6 is 0 Å². The maximum Gasteiger partial charge on any atom is 0.292 e. The van der Waals surface area contributed by atoms with Gasteiger partial charge in [-0.05, 0) is 12.5 Å². The van der Waals surface area contributed by atoms with Gasteiger partial charge in [0, 0.05) is 50.6 Å². The molecule has 1 aromatic carbocycles. The largest absolute Gasteiger partial charge is 0.362 e. The minimum Gasteiger partial charge on any atom is -0.362 e. The number of hydrogen-bond donors (Lipinski definition) is 1. The van der Waals surface area contributed by atoms with Crippen molar-refractivity contribution in [1.82, 2.24) is 10.2 Å². The van der Waals surface area contributed by atoms with Gasteiger partial charge in [-0.15, -0.1) is 0 Å². The number of amides is 2. The van der Waals surface area contributed by atoms with E-state index in [0.29, 0.717) is 51.3 Å². The highest BCUT2D eigenvalue weighted by Gasteiger charge is 2.25. The normalized spacial score (nSPS) is 14.8. The SMILES string of the molecule is CC(C)(C)C(=O)NCCCC(=O)N1CCN(c2ccccc2[N+](=O)[O-])CC1. The first-order valence-corrected chi connectivity index (χ1v) is 9.24. The number of anilines is 1. The zero-order valence-corrected chi connectivity index (χ0v) is 16.2. The lowest BCUT2D eigenvalue weighted by Gasteiger charge is -2.35. The van der Waals surface area contributed by atoms with Crippen molar-refractivity contribution in [3.8, 4) is 0 Å². The molecule has 0 aromatic heterocycles. The molecule has 0 unspecified atom stereocenters. The molecule has 1 N–H and O–H groups in total. The van der Waals surface area contributed by atoms with Gasteiger partial charge in [0.25, 0.3) is 5.69 Å². The lowest BCUT2D eigenvalue weighted by Crippen LogP contribution is -2.49. The number of rotatable bonds is 6. The Bertz CT molecular complexity index is 691. The summed E-state index contributed by atoms with van der Waals surface area (Å²) in [7, 11) is 0. The summed E-state index contributed by atoms with van der Waals surface area (Å²) in [5.74, 6) is 0.0373. The smallest absolute Gasteiger partial charge is 0.292 e. The number of nitro groups is 1. The van der Waals surface area contributed by atoms with Crippen LogP contribution in [0.5, 0.6) is 0 Å². The van der Waals surface area contributed by atoms with Crippen molar-refractivity contribution < 1.29 is 14.5 Å². The Kier molecular flexibility index (Phi) is 6.76. The van der Waals surface area contributed by atoms with Gasteiger partial charge in [0.15, 0.2) is 0 Å². The van der Waals surface area contributed by atoms with E-state index in [0.717, 1.165) is 0 Å². The molecule has 1 heterocycles. The number of benzene rings is 1. The van der Waals surface area contributed by atoms with Crippen LogP contribution in [-0.4, -0.2) is 54.4 Å². The standard InChI is InChI=1S/C19H28N4O4/c1-19(2,3)18(25)20-10-6-9-17(24)22-13-11-21(12-14-22)15-7-4-5-8-16(15)23(26)27/h4-5,7-8H,6,9-14H2,1-3H3,(H,20,25). The zero-order chi connectivity index (χ0) is 20.0. The lowest BCUT2D eigenvalue weighted by molar-refractivity contribution is -0.384. The topological polar surface area (TPSA) is 95.8 Å². The first kappa shape index (κ1) is 20.7. The number of hydrogen-bond acceptors (Lipinski definition) is 5. The Morgan fingerprint density at radius 3 is 2.37 bits per heavy atom. The molecule has 148 valence electrons. The van der Waals surface area contributed by atoms with Crippen molar-refractivity contribution in [1.29, 1.82) is 0 Å². The van der Waals surface area contributed by atoms with Crippen molar-refractivity contribution >= 4 is 23.2 Å². The van der Waals surface area contributed by atoms with Crippen LogP contribution < -0.4 is 10.2 Å². The molecule has 1 aliphatic heterocycles. The van der Waals surface area contributed by atoms with E-state index < -0.39 is 5.41 Å². The number of carbonyl (C=O) groups is 2. The van der Waals surface area contributed by atoms with E-state index >= 15 is 0 Å². The van der Waals surface area contributed by atoms with E-state index in [4.69, 9.17) is 0 Å². The second-order valence-electron chi connectivity index (χ2n) is 7.72. The van der Waals surface area contributed by atoms with Crippen molar-refractivity contribution in [2.45, 2.75) is 33.6 Å². The van der Waals surface area contributed by atoms with Crippen molar-refractivity contribution in [2.24, 2.45) is 5.41 Å². The van der Waals surface area contributed by atoms with Crippen LogP contribution in [0.1, 0.15) is 33.6 Å². The van der Waals surface area contributed by atoms with E-state index in [9.17, 15) is 19.7 Å². The first-order valence-electron chi connectivity index (χ1n) is 9.24. The number of nitrogens with zero attached hydrogens (tertiary/aromatic N) is 3. The maximum absolute atomic E-state index is 12.3. The molecule has 0 atom stereocenters. The van der Waals surface area contributed by atoms with Gasteiger partial charge in [-0.25, -0.2) is 0 Å². The highest BCUT2D eigenvalue weighted by Crippen LogP contribution is 2.28. The van der Waals surface area contributed by atoms with Gasteiger partial charge in [-0.1, -0.05) is 32.9 Å². The van der Waals surface area contributed by atoms with Crippen LogP contribution in [0, 0.1) is 15.5 Å². The number of carbonyl (C=O) groups excluding carboxylic acids is 2. The van der Waals surface area contributed by atoms with Crippen molar-refractivity contribution in [2.75, 3.05) is 37.6 Å². The van der Waals surface area contributed by atoms with Gasteiger partial charge in [0.05, 0.1) is 4.92 Å². The molecule has 8 nitrogen and oxygen atoms in total. The third-order valence-corrected chi connectivity index (χ3v) is 4.59. The monoisotopic (exact) mass is 376 g/mol. The van der Waals surface area contributed by atoms with E-state index in [1.165, 1.54) is 6.07 Å². The molecule has 0 radical (unpaired) electrons. The highest BCUT2D eigenvalue weighted by atomic mass is 16.6. The summed E-state index contributed by atoms with van der Waals surface area (Å²) in [4.78, 5) is 38.7. The first-order chi connectivity index (χ1) is 12.7. The minimum atomic E-state index is -0.430. The molecular formula is C19H28N4O4. The van der Waals surface area contributed by atoms with Crippen LogP contribution in [0.15, 0.2) is 24.3 Å². The van der Waals surface area contributed by atoms with Gasteiger partial charge in [0.2, 0.25) is 11.8 Å². The van der Waals surface area contributed by atoms with Crippen LogP contribution in [0.2, 0.25) is 0 Å². The summed E-state index contributed by atoms with van der Waals surface area (Å²) >= 11 is 0. The molecule has 27 heavy (non-hydrogen) atoms. The number of nitrogens with one attached hydrogen (secondary N) is 1. The molecule has 1 aliphatic rings. The van der Waals surface area contributed by atoms with Gasteiger partial charge in [-0.3, -0.25) is 19.7 Å². The van der Waals surface area contributed by atoms with Crippen molar-refractivity contribution in [3.63, 3.8) is 0 Å². The van der Waals surface area contributed by atoms with Gasteiger partial charge in [-0.2, -0.15) is 0 Å². The summed E-state index contributed by atoms with van der Waals surface area (Å²) in [5, 5.41) is 14.0. The molecule has 0 aliphatic carbocycles. The Balaban J connectivity index is 1.78. The molecular weight excluding hydrogens is 348 g/mol. The second-order valence-corrected chi connectivity index (χ2v) is 7.72. The molecule has 1 aromatic rings. The van der Waals surface area contributed by atoms with E-state index in [2.05, 4.69) is 5.32 Å². The fourth-order valence-electron chi connectivity index (χ4n) is 2.95. The van der Waals surface area contributed by atoms with Crippen LogP contribution in [-0.2, 0) is 9.59 Å². The fourth-order valence-corrected chi connectivity index (χ4v) is 2.95. The third kappa shape index (κ3) is 5.67. The van der Waals surface area contributed by atoms with Gasteiger partial charge < -0.3 is 15.1 Å². The number of nitro benzene ring substituents is 1. The van der Waals surface area contributed by atoms with Crippen molar-refractivity contribution in [3.05, 3.63) is 34.4 Å². The third-order valence-electron chi connectivity index (χ3n) is 4.59. The predicted molar refractivity (Wildman–Crippen MR) is 104 cm³/mol. The van der Waals surface area contributed by atoms with E-state index in [1.54, 1.807) is 23.1 Å². The minimum absolute atomic E-state index is 0.0204. The van der Waals surface area contributed by atoms with Crippen LogP contribution in [0.4, 0.5) is 11.4 Å². The van der Waals surface area contributed by atoms with Gasteiger partial charge >= 0.3 is 0 Å². The number of piperazine rings is 1. The van der Waals surface area contributed by atoms with E-state index in [1.807, 2.05) is 25.7 Å². The fraction of sp³-hybridized carbons (Fsp3) is 0.579. The van der Waals surface area contributed by atoms with Crippen LogP contribution in [0.3, 0.4) is 0 Å². The lowest BCUT2D eigenvalue weighted by atomic mass is 9.96. The molecule has 2 amide bonds. The van der Waals surface area contributed by atoms with Crippen LogP contribution in [0.25, 0.3) is 0 Å². The summed E-state index contributed by atoms with van der Waals surface area (Å²) < 4.78 is 0. The van der Waals surface area contributed by atoms with E-state index in [-0.39, 0.29) is 22.4 Å². The Morgan fingerprint density at radius 2 is 1.78 bits per heavy atom. The molecule has 0 saturated carbocycles. The Labute approximate surface area is 159 Å². The molecule has 0 spiro atoms. The average Bonchev–Trinajstić information content (AvgIpc) is 2.64. The average molecular weight is 376 g/mol. The molecule has 8 heteroatoms. The summed E-state index contributed by atoms with van der Waals surface area (Å²) in [5.41, 5.74) is 0.256. The summed E-state index contributed by atoms with van der Waals surface area (Å²) in [6, 6.07) is 6.68. The zero-order valence-electron chi connectivity index (χ0n) is 16.2. The maximum atomic E-state index is 12.3. The summed E-state index contributed by atoms with van der Waals surface area (Å²) in [6.45, 7) is 8.25. The summed E-state index contributed by atoms with van der Waals surface area (Å²) in [6.07, 6.45) is 0.987. The molecule has 1 fully saturated rings. The molecule has 2 rings (SSSR count). The molecule has 0 bridgehead atoms.